The van der Waals surface area contributed by atoms with Gasteiger partial charge in [-0.1, -0.05) is 0 Å². The topological polar surface area (TPSA) is 78.9 Å². The minimum atomic E-state index is -0.831. The normalized spacial score (nSPS) is 19.1. The van der Waals surface area contributed by atoms with Crippen LogP contribution < -0.4 is 5.32 Å². The predicted molar refractivity (Wildman–Crippen MR) is 70.9 cm³/mol. The molecule has 6 nitrogen and oxygen atoms in total. The van der Waals surface area contributed by atoms with E-state index in [-0.39, 0.29) is 31.1 Å². The molecule has 1 aliphatic heterocycles. The molecule has 6 heteroatoms. The molecule has 1 amide bonds. The van der Waals surface area contributed by atoms with Crippen molar-refractivity contribution < 1.29 is 19.4 Å². The number of rotatable bonds is 7. The number of piperidine rings is 1. The second kappa shape index (κ2) is 8.12. The molecule has 0 saturated carbocycles. The maximum absolute atomic E-state index is 11.7. The van der Waals surface area contributed by atoms with Crippen LogP contribution in [0.3, 0.4) is 0 Å². The molecule has 1 atom stereocenters. The summed E-state index contributed by atoms with van der Waals surface area (Å²) in [4.78, 5) is 24.2. The summed E-state index contributed by atoms with van der Waals surface area (Å²) in [5, 5.41) is 11.4. The molecule has 0 aromatic carbocycles. The van der Waals surface area contributed by atoms with Crippen LogP contribution in [0.25, 0.3) is 0 Å². The number of nitrogens with zero attached hydrogens (tertiary/aromatic N) is 1. The Morgan fingerprint density at radius 1 is 1.42 bits per heavy atom. The van der Waals surface area contributed by atoms with Crippen LogP contribution in [0.15, 0.2) is 0 Å². The van der Waals surface area contributed by atoms with E-state index in [0.29, 0.717) is 6.54 Å². The number of carboxylic acids is 1. The van der Waals surface area contributed by atoms with E-state index in [2.05, 4.69) is 10.2 Å². The van der Waals surface area contributed by atoms with Gasteiger partial charge in [-0.3, -0.25) is 14.5 Å². The van der Waals surface area contributed by atoms with Crippen molar-refractivity contribution in [2.75, 3.05) is 26.2 Å². The van der Waals surface area contributed by atoms with E-state index in [4.69, 9.17) is 9.84 Å². The van der Waals surface area contributed by atoms with Crippen LogP contribution in [0.4, 0.5) is 0 Å². The molecule has 1 fully saturated rings. The summed E-state index contributed by atoms with van der Waals surface area (Å²) in [7, 11) is 0. The lowest BCUT2D eigenvalue weighted by Gasteiger charge is -2.35. The number of carbonyl (C=O) groups excluding carboxylic acids is 1. The van der Waals surface area contributed by atoms with Crippen LogP contribution >= 0.6 is 0 Å². The van der Waals surface area contributed by atoms with E-state index >= 15 is 0 Å². The van der Waals surface area contributed by atoms with Gasteiger partial charge in [0.05, 0.1) is 25.2 Å². The molecular weight excluding hydrogens is 248 g/mol. The van der Waals surface area contributed by atoms with Crippen molar-refractivity contribution >= 4 is 11.9 Å². The molecule has 19 heavy (non-hydrogen) atoms. The number of carbonyl (C=O) groups is 2. The summed E-state index contributed by atoms with van der Waals surface area (Å²) in [5.74, 6) is -0.768. The second-order valence-corrected chi connectivity index (χ2v) is 4.82. The van der Waals surface area contributed by atoms with Gasteiger partial charge in [0.15, 0.2) is 0 Å². The Hall–Kier alpha value is -1.14. The number of ether oxygens (including phenoxy) is 1. The quantitative estimate of drug-likeness (QED) is 0.704. The Labute approximate surface area is 114 Å². The van der Waals surface area contributed by atoms with Gasteiger partial charge in [0.1, 0.15) is 0 Å². The highest BCUT2D eigenvalue weighted by Gasteiger charge is 2.26. The summed E-state index contributed by atoms with van der Waals surface area (Å²) < 4.78 is 5.52. The Balaban J connectivity index is 2.24. The fourth-order valence-corrected chi connectivity index (χ4v) is 2.23. The van der Waals surface area contributed by atoms with Gasteiger partial charge in [-0.05, 0) is 26.7 Å². The monoisotopic (exact) mass is 272 g/mol. The SMILES string of the molecule is CCNC(=O)C(C)N1CCC(OCCC(=O)O)CC1. The second-order valence-electron chi connectivity index (χ2n) is 4.82. The summed E-state index contributed by atoms with van der Waals surface area (Å²) in [6.07, 6.45) is 1.87. The lowest BCUT2D eigenvalue weighted by atomic mass is 10.1. The molecule has 0 aromatic heterocycles. The van der Waals surface area contributed by atoms with Crippen LogP contribution in [-0.4, -0.2) is 60.3 Å². The Morgan fingerprint density at radius 3 is 2.58 bits per heavy atom. The molecule has 1 unspecified atom stereocenters. The molecule has 2 N–H and O–H groups in total. The lowest BCUT2D eigenvalue weighted by Crippen LogP contribution is -2.49. The van der Waals surface area contributed by atoms with Crippen molar-refractivity contribution in [1.29, 1.82) is 0 Å². The molecule has 0 aromatic rings. The van der Waals surface area contributed by atoms with Gasteiger partial charge in [0, 0.05) is 19.6 Å². The van der Waals surface area contributed by atoms with E-state index in [0.717, 1.165) is 25.9 Å². The first-order chi connectivity index (χ1) is 9.04. The van der Waals surface area contributed by atoms with E-state index < -0.39 is 5.97 Å². The highest BCUT2D eigenvalue weighted by molar-refractivity contribution is 5.81. The zero-order valence-electron chi connectivity index (χ0n) is 11.7. The minimum Gasteiger partial charge on any atom is -0.481 e. The summed E-state index contributed by atoms with van der Waals surface area (Å²) in [6, 6.07) is -0.111. The number of likely N-dealkylation sites (tertiary alicyclic amines) is 1. The Kier molecular flexibility index (Phi) is 6.80. The van der Waals surface area contributed by atoms with Crippen LogP contribution in [0.2, 0.25) is 0 Å². The highest BCUT2D eigenvalue weighted by Crippen LogP contribution is 2.16. The van der Waals surface area contributed by atoms with Gasteiger partial charge >= 0.3 is 5.97 Å². The van der Waals surface area contributed by atoms with Gasteiger partial charge in [-0.25, -0.2) is 0 Å². The maximum Gasteiger partial charge on any atom is 0.305 e. The van der Waals surface area contributed by atoms with E-state index in [1.165, 1.54) is 0 Å². The summed E-state index contributed by atoms with van der Waals surface area (Å²) in [5.41, 5.74) is 0. The number of carboxylic acid groups (broad SMARTS) is 1. The molecule has 1 heterocycles. The zero-order valence-corrected chi connectivity index (χ0v) is 11.7. The largest absolute Gasteiger partial charge is 0.481 e. The first-order valence-electron chi connectivity index (χ1n) is 6.89. The van der Waals surface area contributed by atoms with Crippen molar-refractivity contribution in [3.05, 3.63) is 0 Å². The van der Waals surface area contributed by atoms with Crippen LogP contribution in [0.5, 0.6) is 0 Å². The van der Waals surface area contributed by atoms with E-state index in [9.17, 15) is 9.59 Å². The van der Waals surface area contributed by atoms with Crippen LogP contribution in [0.1, 0.15) is 33.1 Å². The van der Waals surface area contributed by atoms with Gasteiger partial charge in [-0.2, -0.15) is 0 Å². The summed E-state index contributed by atoms with van der Waals surface area (Å²) in [6.45, 7) is 6.37. The predicted octanol–water partition coefficient (Wildman–Crippen LogP) is 0.467. The van der Waals surface area contributed by atoms with Crippen molar-refractivity contribution in [3.8, 4) is 0 Å². The van der Waals surface area contributed by atoms with E-state index in [1.54, 1.807) is 0 Å². The number of hydrogen-bond donors (Lipinski definition) is 2. The van der Waals surface area contributed by atoms with Gasteiger partial charge in [0.25, 0.3) is 0 Å². The van der Waals surface area contributed by atoms with Crippen molar-refractivity contribution in [2.45, 2.75) is 45.3 Å². The van der Waals surface area contributed by atoms with Crippen molar-refractivity contribution in [1.82, 2.24) is 10.2 Å². The number of hydrogen-bond acceptors (Lipinski definition) is 4. The molecule has 0 spiro atoms. The molecule has 0 radical (unpaired) electrons. The fraction of sp³-hybridized carbons (Fsp3) is 0.846. The average molecular weight is 272 g/mol. The first-order valence-corrected chi connectivity index (χ1v) is 6.89. The lowest BCUT2D eigenvalue weighted by molar-refractivity contribution is -0.139. The number of amides is 1. The molecular formula is C13H24N2O4. The fourth-order valence-electron chi connectivity index (χ4n) is 2.23. The van der Waals surface area contributed by atoms with Crippen LogP contribution in [-0.2, 0) is 14.3 Å². The van der Waals surface area contributed by atoms with Gasteiger partial charge in [-0.15, -0.1) is 0 Å². The van der Waals surface area contributed by atoms with Gasteiger partial charge < -0.3 is 15.2 Å². The molecule has 1 aliphatic rings. The average Bonchev–Trinajstić information content (AvgIpc) is 2.38. The first kappa shape index (κ1) is 15.9. The Bertz CT molecular complexity index is 301. The molecule has 1 saturated heterocycles. The Morgan fingerprint density at radius 2 is 2.05 bits per heavy atom. The number of likely N-dealkylation sites (N-methyl/N-ethyl adjacent to an activating group) is 1. The number of nitrogens with one attached hydrogen (secondary N) is 1. The maximum atomic E-state index is 11.7. The summed E-state index contributed by atoms with van der Waals surface area (Å²) >= 11 is 0. The van der Waals surface area contributed by atoms with Crippen LogP contribution in [0, 0.1) is 0 Å². The third-order valence-corrected chi connectivity index (χ3v) is 3.42. The third kappa shape index (κ3) is 5.57. The minimum absolute atomic E-state index is 0.0511. The molecule has 0 bridgehead atoms. The highest BCUT2D eigenvalue weighted by atomic mass is 16.5. The molecule has 0 aliphatic carbocycles. The van der Waals surface area contributed by atoms with E-state index in [1.807, 2.05) is 13.8 Å². The smallest absolute Gasteiger partial charge is 0.305 e. The number of aliphatic carboxylic acids is 1. The standard InChI is InChI=1S/C13H24N2O4/c1-3-14-13(18)10(2)15-7-4-11(5-8-15)19-9-6-12(16)17/h10-11H,3-9H2,1-2H3,(H,14,18)(H,16,17). The zero-order chi connectivity index (χ0) is 14.3. The third-order valence-electron chi connectivity index (χ3n) is 3.42. The van der Waals surface area contributed by atoms with Crippen molar-refractivity contribution in [3.63, 3.8) is 0 Å². The molecule has 1 rings (SSSR count). The molecule has 110 valence electrons. The van der Waals surface area contributed by atoms with Crippen molar-refractivity contribution in [2.24, 2.45) is 0 Å². The van der Waals surface area contributed by atoms with Gasteiger partial charge in [0.2, 0.25) is 5.91 Å².